The fraction of sp³-hybridized carbons (Fsp3) is 0.370. The van der Waals surface area contributed by atoms with Gasteiger partial charge in [0.25, 0.3) is 5.91 Å². The molecule has 33 heavy (non-hydrogen) atoms. The third-order valence-corrected chi connectivity index (χ3v) is 7.33. The third-order valence-electron chi connectivity index (χ3n) is 6.36. The lowest BCUT2D eigenvalue weighted by Gasteiger charge is -2.40. The van der Waals surface area contributed by atoms with Crippen LogP contribution >= 0.6 is 11.3 Å². The maximum Gasteiger partial charge on any atom is 0.251 e. The summed E-state index contributed by atoms with van der Waals surface area (Å²) in [5.41, 5.74) is 2.15. The molecule has 172 valence electrons. The second-order valence-corrected chi connectivity index (χ2v) is 10.2. The number of nitrogens with one attached hydrogen (secondary N) is 1. The first-order valence-electron chi connectivity index (χ1n) is 11.6. The molecule has 1 saturated carbocycles. The number of hydrogen-bond acceptors (Lipinski definition) is 4. The normalized spacial score (nSPS) is 14.3. The van der Waals surface area contributed by atoms with Crippen LogP contribution in [0, 0.1) is 0 Å². The Bertz CT molecular complexity index is 1100. The van der Waals surface area contributed by atoms with Crippen LogP contribution in [0.5, 0.6) is 0 Å². The van der Waals surface area contributed by atoms with Crippen molar-refractivity contribution in [3.05, 3.63) is 71.1 Å². The van der Waals surface area contributed by atoms with E-state index in [1.54, 1.807) is 11.8 Å². The summed E-state index contributed by atoms with van der Waals surface area (Å²) in [5.74, 6) is -0.264. The van der Waals surface area contributed by atoms with Gasteiger partial charge in [-0.05, 0) is 32.3 Å². The highest BCUT2D eigenvalue weighted by molar-refractivity contribution is 7.16. The topological polar surface area (TPSA) is 62.3 Å². The summed E-state index contributed by atoms with van der Waals surface area (Å²) in [6, 6.07) is 20.4. The Hall–Kier alpha value is -2.99. The van der Waals surface area contributed by atoms with Gasteiger partial charge in [-0.2, -0.15) is 0 Å². The number of amides is 2. The van der Waals surface area contributed by atoms with Gasteiger partial charge >= 0.3 is 0 Å². The van der Waals surface area contributed by atoms with Gasteiger partial charge in [-0.25, -0.2) is 4.98 Å². The molecule has 0 aliphatic heterocycles. The lowest BCUT2D eigenvalue weighted by Crippen LogP contribution is -2.58. The predicted octanol–water partition coefficient (Wildman–Crippen LogP) is 5.91. The summed E-state index contributed by atoms with van der Waals surface area (Å²) in [6.45, 7) is 5.22. The first-order chi connectivity index (χ1) is 15.9. The van der Waals surface area contributed by atoms with E-state index in [4.69, 9.17) is 4.98 Å². The fourth-order valence-electron chi connectivity index (χ4n) is 4.76. The molecule has 0 radical (unpaired) electrons. The predicted molar refractivity (Wildman–Crippen MR) is 134 cm³/mol. The third kappa shape index (κ3) is 5.17. The number of rotatable bonds is 7. The quantitative estimate of drug-likeness (QED) is 0.476. The molecule has 1 aliphatic carbocycles. The number of thiazole rings is 1. The molecule has 0 spiro atoms. The van der Waals surface area contributed by atoms with Crippen molar-refractivity contribution in [2.24, 2.45) is 0 Å². The average molecular weight is 462 g/mol. The minimum Gasteiger partial charge on any atom is -0.326 e. The van der Waals surface area contributed by atoms with Crippen molar-refractivity contribution in [1.82, 2.24) is 9.88 Å². The number of benzene rings is 2. The van der Waals surface area contributed by atoms with Gasteiger partial charge in [0.05, 0.1) is 5.69 Å². The highest BCUT2D eigenvalue weighted by Gasteiger charge is 2.41. The van der Waals surface area contributed by atoms with Crippen LogP contribution in [0.25, 0.3) is 11.3 Å². The zero-order valence-corrected chi connectivity index (χ0v) is 20.3. The molecule has 1 aliphatic rings. The van der Waals surface area contributed by atoms with Crippen molar-refractivity contribution in [3.8, 4) is 11.3 Å². The van der Waals surface area contributed by atoms with E-state index in [9.17, 15) is 9.59 Å². The minimum atomic E-state index is -0.959. The standard InChI is InChI=1S/C27H31N3O2S/c1-19(31)30(22-16-10-11-17-22)27(2,3)25(32)29-26-28-24(21-14-8-5-9-15-21)23(33-26)18-20-12-6-4-7-13-20/h4-9,12-15,22H,10-11,16-18H2,1-3H3,(H,28,29,32). The van der Waals surface area contributed by atoms with Crippen LogP contribution in [-0.4, -0.2) is 33.3 Å². The molecule has 1 aromatic heterocycles. The van der Waals surface area contributed by atoms with Crippen molar-refractivity contribution in [1.29, 1.82) is 0 Å². The SMILES string of the molecule is CC(=O)N(C1CCCC1)C(C)(C)C(=O)Nc1nc(-c2ccccc2)c(Cc2ccccc2)s1. The highest BCUT2D eigenvalue weighted by Crippen LogP contribution is 2.35. The van der Waals surface area contributed by atoms with E-state index in [2.05, 4.69) is 17.4 Å². The summed E-state index contributed by atoms with van der Waals surface area (Å²) >= 11 is 1.50. The Morgan fingerprint density at radius 1 is 1.03 bits per heavy atom. The maximum absolute atomic E-state index is 13.4. The monoisotopic (exact) mass is 461 g/mol. The zero-order valence-electron chi connectivity index (χ0n) is 19.5. The van der Waals surface area contributed by atoms with E-state index in [0.717, 1.165) is 48.2 Å². The van der Waals surface area contributed by atoms with Gasteiger partial charge in [0.15, 0.2) is 5.13 Å². The molecule has 0 saturated heterocycles. The highest BCUT2D eigenvalue weighted by atomic mass is 32.1. The molecule has 1 N–H and O–H groups in total. The van der Waals surface area contributed by atoms with Crippen LogP contribution in [0.15, 0.2) is 60.7 Å². The Kier molecular flexibility index (Phi) is 6.94. The van der Waals surface area contributed by atoms with E-state index in [1.807, 2.05) is 62.4 Å². The molecule has 1 heterocycles. The second kappa shape index (κ2) is 9.87. The molecule has 2 aromatic carbocycles. The molecule has 1 fully saturated rings. The largest absolute Gasteiger partial charge is 0.326 e. The van der Waals surface area contributed by atoms with Crippen LogP contribution in [0.3, 0.4) is 0 Å². The van der Waals surface area contributed by atoms with Crippen molar-refractivity contribution in [2.75, 3.05) is 5.32 Å². The molecule has 4 rings (SSSR count). The number of hydrogen-bond donors (Lipinski definition) is 1. The average Bonchev–Trinajstić information content (AvgIpc) is 3.45. The molecule has 5 nitrogen and oxygen atoms in total. The van der Waals surface area contributed by atoms with E-state index < -0.39 is 5.54 Å². The van der Waals surface area contributed by atoms with Gasteiger partial charge < -0.3 is 4.90 Å². The van der Waals surface area contributed by atoms with E-state index in [1.165, 1.54) is 16.9 Å². The lowest BCUT2D eigenvalue weighted by molar-refractivity contribution is -0.145. The van der Waals surface area contributed by atoms with Crippen LogP contribution in [0.2, 0.25) is 0 Å². The summed E-state index contributed by atoms with van der Waals surface area (Å²) in [5, 5.41) is 3.59. The van der Waals surface area contributed by atoms with Crippen LogP contribution in [0.4, 0.5) is 5.13 Å². The van der Waals surface area contributed by atoms with Crippen molar-refractivity contribution >= 4 is 28.3 Å². The van der Waals surface area contributed by atoms with Gasteiger partial charge in [0.2, 0.25) is 5.91 Å². The van der Waals surface area contributed by atoms with E-state index in [0.29, 0.717) is 5.13 Å². The molecule has 3 aromatic rings. The van der Waals surface area contributed by atoms with Crippen LogP contribution in [-0.2, 0) is 16.0 Å². The van der Waals surface area contributed by atoms with Gasteiger partial charge in [-0.15, -0.1) is 11.3 Å². The molecule has 0 bridgehead atoms. The van der Waals surface area contributed by atoms with Gasteiger partial charge in [-0.1, -0.05) is 73.5 Å². The fourth-order valence-corrected chi connectivity index (χ4v) is 5.77. The zero-order chi connectivity index (χ0) is 23.4. The molecule has 2 amide bonds. The molecule has 0 unspecified atom stereocenters. The molecule has 6 heteroatoms. The van der Waals surface area contributed by atoms with Crippen molar-refractivity contribution in [3.63, 3.8) is 0 Å². The maximum atomic E-state index is 13.4. The number of aromatic nitrogens is 1. The van der Waals surface area contributed by atoms with Crippen LogP contribution < -0.4 is 5.32 Å². The van der Waals surface area contributed by atoms with Crippen molar-refractivity contribution in [2.45, 2.75) is 64.5 Å². The number of carbonyl (C=O) groups excluding carboxylic acids is 2. The van der Waals surface area contributed by atoms with Crippen LogP contribution in [0.1, 0.15) is 56.9 Å². The number of nitrogens with zero attached hydrogens (tertiary/aromatic N) is 2. The molecular weight excluding hydrogens is 430 g/mol. The minimum absolute atomic E-state index is 0.0593. The van der Waals surface area contributed by atoms with Gasteiger partial charge in [0, 0.05) is 29.8 Å². The number of carbonyl (C=O) groups is 2. The van der Waals surface area contributed by atoms with Crippen molar-refractivity contribution < 1.29 is 9.59 Å². The Balaban J connectivity index is 1.62. The molecule has 0 atom stereocenters. The van der Waals surface area contributed by atoms with Gasteiger partial charge in [-0.3, -0.25) is 14.9 Å². The van der Waals surface area contributed by atoms with Gasteiger partial charge in [0.1, 0.15) is 5.54 Å². The Morgan fingerprint density at radius 2 is 1.64 bits per heavy atom. The van der Waals surface area contributed by atoms with E-state index >= 15 is 0 Å². The summed E-state index contributed by atoms with van der Waals surface area (Å²) in [7, 11) is 0. The molecular formula is C27H31N3O2S. The first kappa shape index (κ1) is 23.2. The smallest absolute Gasteiger partial charge is 0.251 e. The first-order valence-corrected chi connectivity index (χ1v) is 12.4. The number of anilines is 1. The summed E-state index contributed by atoms with van der Waals surface area (Å²) in [6.07, 6.45) is 4.84. The lowest BCUT2D eigenvalue weighted by atomic mass is 9.98. The summed E-state index contributed by atoms with van der Waals surface area (Å²) in [4.78, 5) is 33.6. The second-order valence-electron chi connectivity index (χ2n) is 9.16. The van der Waals surface area contributed by atoms with E-state index in [-0.39, 0.29) is 17.9 Å². The Labute approximate surface area is 199 Å². The Morgan fingerprint density at radius 3 is 2.24 bits per heavy atom. The summed E-state index contributed by atoms with van der Waals surface area (Å²) < 4.78 is 0.